The van der Waals surface area contributed by atoms with Gasteiger partial charge in [0, 0.05) is 36.4 Å². The lowest BCUT2D eigenvalue weighted by atomic mass is 10.0. The molecule has 1 saturated heterocycles. The number of thiazole rings is 1. The SMILES string of the molecule is COC(CON=CC(=O)N[C@@H]1C(=O)N2C(C(=O)O)=C(CSc3cccc4nccn34)CS[C@@H]12)c1csc(N)n1. The summed E-state index contributed by atoms with van der Waals surface area (Å²) >= 11 is 4.13. The van der Waals surface area contributed by atoms with Crippen LogP contribution in [0.4, 0.5) is 5.13 Å². The van der Waals surface area contributed by atoms with Gasteiger partial charge in [0.05, 0.1) is 10.7 Å². The number of thioether (sulfide) groups is 2. The van der Waals surface area contributed by atoms with Crippen molar-refractivity contribution < 1.29 is 29.1 Å². The Hall–Kier alpha value is -3.60. The van der Waals surface area contributed by atoms with Gasteiger partial charge in [0.25, 0.3) is 11.8 Å². The Balaban J connectivity index is 1.17. The van der Waals surface area contributed by atoms with Crippen molar-refractivity contribution in [2.75, 3.05) is 31.0 Å². The van der Waals surface area contributed by atoms with Crippen LogP contribution in [0.1, 0.15) is 11.8 Å². The number of amides is 2. The maximum Gasteiger partial charge on any atom is 0.352 e. The molecule has 5 heterocycles. The number of oxime groups is 1. The van der Waals surface area contributed by atoms with E-state index >= 15 is 0 Å². The van der Waals surface area contributed by atoms with E-state index in [0.29, 0.717) is 27.9 Å². The summed E-state index contributed by atoms with van der Waals surface area (Å²) in [5, 5.41) is 18.7. The second-order valence-corrected chi connectivity index (χ2v) is 11.3. The third-order valence-electron chi connectivity index (χ3n) is 5.96. The van der Waals surface area contributed by atoms with Crippen LogP contribution in [0.5, 0.6) is 0 Å². The number of anilines is 1. The van der Waals surface area contributed by atoms with Crippen LogP contribution in [-0.2, 0) is 24.0 Å². The quantitative estimate of drug-likeness (QED) is 0.128. The molecule has 0 aromatic carbocycles. The lowest BCUT2D eigenvalue weighted by molar-refractivity contribution is -0.150. The maximum atomic E-state index is 12.9. The Morgan fingerprint density at radius 1 is 1.44 bits per heavy atom. The van der Waals surface area contributed by atoms with Crippen LogP contribution in [0.25, 0.3) is 5.65 Å². The van der Waals surface area contributed by atoms with Crippen LogP contribution in [0.3, 0.4) is 0 Å². The number of rotatable bonds is 11. The first kappa shape index (κ1) is 27.0. The number of methoxy groups -OCH3 is 1. The summed E-state index contributed by atoms with van der Waals surface area (Å²) in [6.07, 6.45) is 3.93. The summed E-state index contributed by atoms with van der Waals surface area (Å²) in [7, 11) is 1.49. The van der Waals surface area contributed by atoms with Gasteiger partial charge >= 0.3 is 5.97 Å². The molecule has 13 nitrogen and oxygen atoms in total. The number of hydrogen-bond donors (Lipinski definition) is 3. The number of carboxylic acid groups (broad SMARTS) is 1. The molecule has 4 N–H and O–H groups in total. The van der Waals surface area contributed by atoms with Crippen LogP contribution < -0.4 is 11.1 Å². The van der Waals surface area contributed by atoms with Gasteiger partial charge in [0.15, 0.2) is 5.13 Å². The Morgan fingerprint density at radius 3 is 3.03 bits per heavy atom. The molecule has 0 aliphatic carbocycles. The fourth-order valence-corrected chi connectivity index (χ4v) is 7.21. The number of nitrogens with zero attached hydrogens (tertiary/aromatic N) is 5. The van der Waals surface area contributed by atoms with Crippen molar-refractivity contribution in [1.29, 1.82) is 0 Å². The average molecular weight is 590 g/mol. The number of aliphatic carboxylic acids is 1. The summed E-state index contributed by atoms with van der Waals surface area (Å²) in [4.78, 5) is 52.2. The Morgan fingerprint density at radius 2 is 2.28 bits per heavy atom. The number of pyridine rings is 1. The number of imidazole rings is 1. The molecule has 0 bridgehead atoms. The molecule has 2 aliphatic heterocycles. The summed E-state index contributed by atoms with van der Waals surface area (Å²) in [5.41, 5.74) is 7.61. The summed E-state index contributed by atoms with van der Waals surface area (Å²) in [6, 6.07) is 4.82. The largest absolute Gasteiger partial charge is 0.477 e. The minimum Gasteiger partial charge on any atom is -0.477 e. The van der Waals surface area contributed by atoms with Crippen molar-refractivity contribution in [3.63, 3.8) is 0 Å². The van der Waals surface area contributed by atoms with E-state index in [1.54, 1.807) is 11.6 Å². The Kier molecular flexibility index (Phi) is 8.06. The van der Waals surface area contributed by atoms with Gasteiger partial charge in [-0.25, -0.2) is 14.8 Å². The fourth-order valence-electron chi connectivity index (χ4n) is 4.10. The van der Waals surface area contributed by atoms with Gasteiger partial charge in [0.2, 0.25) is 0 Å². The highest BCUT2D eigenvalue weighted by atomic mass is 32.2. The molecular formula is C23H23N7O6S3. The van der Waals surface area contributed by atoms with Crippen molar-refractivity contribution in [3.05, 3.63) is 52.9 Å². The number of nitrogens with one attached hydrogen (secondary N) is 1. The number of hydrogen-bond acceptors (Lipinski definition) is 12. The standard InChI is InChI=1S/C23H23N7O6S3/c1-35-14(13-11-39-23(24)27-13)8-36-26-7-16(31)28-18-20(32)30-19(22(33)34)12(10-38-21(18)30)9-37-17-4-2-3-15-25-5-6-29(15)17/h2-7,11,14,18,21H,8-10H2,1H3,(H2,24,27)(H,28,31)(H,33,34)/t14?,18-,21+/m1/s1. The number of aromatic nitrogens is 3. The van der Waals surface area contributed by atoms with Gasteiger partial charge in [-0.05, 0) is 17.7 Å². The number of carbonyl (C=O) groups excluding carboxylic acids is 2. The summed E-state index contributed by atoms with van der Waals surface area (Å²) in [6.45, 7) is 0.000964. The Labute approximate surface area is 234 Å². The van der Waals surface area contributed by atoms with E-state index in [1.165, 1.54) is 46.9 Å². The molecule has 3 aromatic rings. The van der Waals surface area contributed by atoms with E-state index in [0.717, 1.165) is 16.9 Å². The molecule has 2 aliphatic rings. The number of β-lactam (4-membered cyclic amide) rings is 1. The molecule has 3 aromatic heterocycles. The third kappa shape index (κ3) is 5.59. The van der Waals surface area contributed by atoms with Crippen LogP contribution in [0, 0.1) is 0 Å². The van der Waals surface area contributed by atoms with Crippen LogP contribution >= 0.6 is 34.9 Å². The van der Waals surface area contributed by atoms with Gasteiger partial charge in [-0.2, -0.15) is 0 Å². The molecule has 2 amide bonds. The number of nitrogens with two attached hydrogens (primary N) is 1. The highest BCUT2D eigenvalue weighted by Gasteiger charge is 2.54. The van der Waals surface area contributed by atoms with Crippen molar-refractivity contribution >= 4 is 69.6 Å². The molecule has 204 valence electrons. The predicted molar refractivity (Wildman–Crippen MR) is 146 cm³/mol. The zero-order valence-electron chi connectivity index (χ0n) is 20.4. The van der Waals surface area contributed by atoms with Crippen molar-refractivity contribution in [2.45, 2.75) is 22.5 Å². The highest BCUT2D eigenvalue weighted by Crippen LogP contribution is 2.41. The van der Waals surface area contributed by atoms with Crippen molar-refractivity contribution in [2.24, 2.45) is 5.16 Å². The number of carbonyl (C=O) groups is 3. The van der Waals surface area contributed by atoms with Gasteiger partial charge < -0.3 is 25.7 Å². The molecule has 5 rings (SSSR count). The number of fused-ring (bicyclic) bond motifs is 2. The molecule has 1 unspecified atom stereocenters. The second-order valence-electron chi connectivity index (χ2n) is 8.33. The molecule has 39 heavy (non-hydrogen) atoms. The van der Waals surface area contributed by atoms with Gasteiger partial charge in [-0.15, -0.1) is 34.9 Å². The van der Waals surface area contributed by atoms with Gasteiger partial charge in [-0.1, -0.05) is 11.2 Å². The van der Waals surface area contributed by atoms with E-state index in [1.807, 2.05) is 28.8 Å². The fraction of sp³-hybridized carbons (Fsp3) is 0.304. The predicted octanol–water partition coefficient (Wildman–Crippen LogP) is 1.59. The van der Waals surface area contributed by atoms with Crippen LogP contribution in [-0.4, -0.2) is 85.0 Å². The van der Waals surface area contributed by atoms with E-state index < -0.39 is 35.3 Å². The van der Waals surface area contributed by atoms with Gasteiger partial charge in [0.1, 0.15) is 41.7 Å². The molecule has 16 heteroatoms. The summed E-state index contributed by atoms with van der Waals surface area (Å²) in [5.74, 6) is -1.52. The first-order chi connectivity index (χ1) is 18.9. The van der Waals surface area contributed by atoms with Crippen molar-refractivity contribution in [1.82, 2.24) is 24.6 Å². The lowest BCUT2D eigenvalue weighted by Crippen LogP contribution is -2.70. The minimum atomic E-state index is -1.18. The number of carboxylic acids is 1. The number of nitrogen functional groups attached to an aromatic ring is 1. The van der Waals surface area contributed by atoms with Crippen LogP contribution in [0.15, 0.2) is 57.4 Å². The van der Waals surface area contributed by atoms with E-state index in [4.69, 9.17) is 15.3 Å². The monoisotopic (exact) mass is 589 g/mol. The average Bonchev–Trinajstić information content (AvgIpc) is 3.59. The zero-order chi connectivity index (χ0) is 27.5. The lowest BCUT2D eigenvalue weighted by Gasteiger charge is -2.49. The minimum absolute atomic E-state index is 0.000964. The molecule has 3 atom stereocenters. The molecular weight excluding hydrogens is 566 g/mol. The Bertz CT molecular complexity index is 1470. The third-order valence-corrected chi connectivity index (χ3v) is 9.11. The zero-order valence-corrected chi connectivity index (χ0v) is 22.9. The van der Waals surface area contributed by atoms with E-state index in [-0.39, 0.29) is 12.3 Å². The smallest absolute Gasteiger partial charge is 0.352 e. The first-order valence-electron chi connectivity index (χ1n) is 11.5. The summed E-state index contributed by atoms with van der Waals surface area (Å²) < 4.78 is 7.21. The highest BCUT2D eigenvalue weighted by molar-refractivity contribution is 8.01. The molecule has 0 spiro atoms. The normalized spacial score (nSPS) is 19.7. The van der Waals surface area contributed by atoms with Gasteiger partial charge in [-0.3, -0.25) is 18.9 Å². The molecule has 1 fully saturated rings. The van der Waals surface area contributed by atoms with Crippen molar-refractivity contribution in [3.8, 4) is 0 Å². The number of ether oxygens (including phenoxy) is 1. The molecule has 0 radical (unpaired) electrons. The molecule has 0 saturated carbocycles. The van der Waals surface area contributed by atoms with Crippen LogP contribution in [0.2, 0.25) is 0 Å². The topological polar surface area (TPSA) is 174 Å². The van der Waals surface area contributed by atoms with E-state index in [9.17, 15) is 19.5 Å². The second kappa shape index (κ2) is 11.6. The maximum absolute atomic E-state index is 12.9. The van der Waals surface area contributed by atoms with E-state index in [2.05, 4.69) is 20.4 Å². The first-order valence-corrected chi connectivity index (χ1v) is 14.4.